The standard InChI is InChI=1S/C22H27N3O2/c1-17-8-9-20(14-18(17)2)15-23-22(27)25-13-12-24(21(26)16-25)11-10-19-6-4-3-5-7-19/h3-9,14H,10-13,15-16H2,1-2H3,(H,23,27). The zero-order valence-electron chi connectivity index (χ0n) is 16.1. The van der Waals surface area contributed by atoms with Gasteiger partial charge in [0.1, 0.15) is 6.54 Å². The minimum Gasteiger partial charge on any atom is -0.339 e. The van der Waals surface area contributed by atoms with Gasteiger partial charge in [0.05, 0.1) is 0 Å². The lowest BCUT2D eigenvalue weighted by Gasteiger charge is -2.34. The van der Waals surface area contributed by atoms with Gasteiger partial charge in [0, 0.05) is 26.2 Å². The van der Waals surface area contributed by atoms with Crippen LogP contribution >= 0.6 is 0 Å². The molecule has 0 saturated carbocycles. The number of carbonyl (C=O) groups excluding carboxylic acids is 2. The van der Waals surface area contributed by atoms with Crippen molar-refractivity contribution in [2.24, 2.45) is 0 Å². The molecule has 1 N–H and O–H groups in total. The normalized spacial score (nSPS) is 14.4. The summed E-state index contributed by atoms with van der Waals surface area (Å²) in [6.07, 6.45) is 0.839. The first-order valence-electron chi connectivity index (χ1n) is 9.43. The highest BCUT2D eigenvalue weighted by molar-refractivity contribution is 5.85. The molecule has 27 heavy (non-hydrogen) atoms. The molecular formula is C22H27N3O2. The number of amides is 3. The zero-order valence-corrected chi connectivity index (χ0v) is 16.1. The van der Waals surface area contributed by atoms with Crippen LogP contribution in [0.1, 0.15) is 22.3 Å². The quantitative estimate of drug-likeness (QED) is 0.886. The molecule has 5 nitrogen and oxygen atoms in total. The van der Waals surface area contributed by atoms with Crippen molar-refractivity contribution >= 4 is 11.9 Å². The molecule has 1 saturated heterocycles. The van der Waals surface area contributed by atoms with Crippen LogP contribution in [0.5, 0.6) is 0 Å². The van der Waals surface area contributed by atoms with E-state index in [1.54, 1.807) is 4.90 Å². The van der Waals surface area contributed by atoms with Gasteiger partial charge in [-0.2, -0.15) is 0 Å². The number of piperazine rings is 1. The van der Waals surface area contributed by atoms with E-state index in [9.17, 15) is 9.59 Å². The van der Waals surface area contributed by atoms with Crippen molar-refractivity contribution in [1.29, 1.82) is 0 Å². The molecule has 2 aromatic rings. The van der Waals surface area contributed by atoms with Gasteiger partial charge in [-0.05, 0) is 42.5 Å². The largest absolute Gasteiger partial charge is 0.339 e. The van der Waals surface area contributed by atoms with Gasteiger partial charge in [0.25, 0.3) is 0 Å². The number of hydrogen-bond acceptors (Lipinski definition) is 2. The molecule has 1 fully saturated rings. The fourth-order valence-electron chi connectivity index (χ4n) is 3.23. The highest BCUT2D eigenvalue weighted by Gasteiger charge is 2.26. The van der Waals surface area contributed by atoms with Crippen molar-refractivity contribution in [2.75, 3.05) is 26.2 Å². The summed E-state index contributed by atoms with van der Waals surface area (Å²) in [4.78, 5) is 28.2. The molecule has 2 aromatic carbocycles. The van der Waals surface area contributed by atoms with Crippen LogP contribution in [0.2, 0.25) is 0 Å². The van der Waals surface area contributed by atoms with E-state index in [4.69, 9.17) is 0 Å². The predicted octanol–water partition coefficient (Wildman–Crippen LogP) is 2.90. The van der Waals surface area contributed by atoms with Gasteiger partial charge in [-0.3, -0.25) is 4.79 Å². The second-order valence-corrected chi connectivity index (χ2v) is 7.12. The van der Waals surface area contributed by atoms with Gasteiger partial charge in [-0.1, -0.05) is 48.5 Å². The fourth-order valence-corrected chi connectivity index (χ4v) is 3.23. The molecule has 0 radical (unpaired) electrons. The summed E-state index contributed by atoms with van der Waals surface area (Å²) in [7, 11) is 0. The highest BCUT2D eigenvalue weighted by Crippen LogP contribution is 2.10. The number of urea groups is 1. The molecule has 0 bridgehead atoms. The summed E-state index contributed by atoms with van der Waals surface area (Å²) in [5, 5.41) is 2.92. The topological polar surface area (TPSA) is 52.7 Å². The van der Waals surface area contributed by atoms with Crippen molar-refractivity contribution in [3.05, 3.63) is 70.8 Å². The third-order valence-electron chi connectivity index (χ3n) is 5.13. The van der Waals surface area contributed by atoms with Crippen LogP contribution in [-0.2, 0) is 17.8 Å². The Balaban J connectivity index is 1.46. The number of nitrogens with one attached hydrogen (secondary N) is 1. The Morgan fingerprint density at radius 1 is 1.00 bits per heavy atom. The maximum absolute atomic E-state index is 12.4. The first-order chi connectivity index (χ1) is 13.0. The lowest BCUT2D eigenvalue weighted by Crippen LogP contribution is -2.54. The van der Waals surface area contributed by atoms with Crippen LogP contribution < -0.4 is 5.32 Å². The smallest absolute Gasteiger partial charge is 0.318 e. The number of carbonyl (C=O) groups is 2. The minimum atomic E-state index is -0.177. The van der Waals surface area contributed by atoms with Crippen molar-refractivity contribution in [2.45, 2.75) is 26.8 Å². The number of nitrogens with zero attached hydrogens (tertiary/aromatic N) is 2. The van der Waals surface area contributed by atoms with Crippen molar-refractivity contribution in [3.8, 4) is 0 Å². The molecule has 0 aromatic heterocycles. The molecule has 142 valence electrons. The Morgan fingerprint density at radius 2 is 1.78 bits per heavy atom. The molecule has 1 aliphatic rings. The van der Waals surface area contributed by atoms with E-state index in [-0.39, 0.29) is 18.5 Å². The van der Waals surface area contributed by atoms with E-state index in [1.807, 2.05) is 29.2 Å². The summed E-state index contributed by atoms with van der Waals surface area (Å²) >= 11 is 0. The average Bonchev–Trinajstić information content (AvgIpc) is 2.68. The van der Waals surface area contributed by atoms with Gasteiger partial charge in [-0.25, -0.2) is 4.79 Å². The van der Waals surface area contributed by atoms with E-state index in [2.05, 4.69) is 43.4 Å². The molecule has 0 aliphatic carbocycles. The SMILES string of the molecule is Cc1ccc(CNC(=O)N2CCN(CCc3ccccc3)C(=O)C2)cc1C. The molecule has 1 aliphatic heterocycles. The number of aryl methyl sites for hydroxylation is 2. The summed E-state index contributed by atoms with van der Waals surface area (Å²) in [5.74, 6) is 0.0125. The Labute approximate surface area is 161 Å². The molecule has 3 rings (SSSR count). The van der Waals surface area contributed by atoms with Crippen LogP contribution in [0.3, 0.4) is 0 Å². The van der Waals surface area contributed by atoms with Crippen LogP contribution in [-0.4, -0.2) is 47.9 Å². The molecule has 3 amide bonds. The van der Waals surface area contributed by atoms with E-state index in [0.29, 0.717) is 26.2 Å². The minimum absolute atomic E-state index is 0.0125. The number of rotatable bonds is 5. The molecule has 0 unspecified atom stereocenters. The van der Waals surface area contributed by atoms with Crippen molar-refractivity contribution in [1.82, 2.24) is 15.1 Å². The number of benzene rings is 2. The average molecular weight is 365 g/mol. The zero-order chi connectivity index (χ0) is 19.2. The monoisotopic (exact) mass is 365 g/mol. The van der Waals surface area contributed by atoms with Gasteiger partial charge in [-0.15, -0.1) is 0 Å². The predicted molar refractivity (Wildman–Crippen MR) is 106 cm³/mol. The van der Waals surface area contributed by atoms with Gasteiger partial charge < -0.3 is 15.1 Å². The Hall–Kier alpha value is -2.82. The third-order valence-corrected chi connectivity index (χ3v) is 5.13. The summed E-state index contributed by atoms with van der Waals surface area (Å²) in [5.41, 5.74) is 4.74. The lowest BCUT2D eigenvalue weighted by atomic mass is 10.1. The first kappa shape index (κ1) is 19.0. The highest BCUT2D eigenvalue weighted by atomic mass is 16.2. The van der Waals surface area contributed by atoms with Crippen molar-refractivity contribution < 1.29 is 9.59 Å². The first-order valence-corrected chi connectivity index (χ1v) is 9.43. The summed E-state index contributed by atoms with van der Waals surface area (Å²) in [6, 6.07) is 16.1. The molecule has 0 spiro atoms. The fraction of sp³-hybridized carbons (Fsp3) is 0.364. The Kier molecular flexibility index (Phi) is 6.12. The van der Waals surface area contributed by atoms with Gasteiger partial charge in [0.15, 0.2) is 0 Å². The van der Waals surface area contributed by atoms with Crippen LogP contribution in [0.15, 0.2) is 48.5 Å². The van der Waals surface area contributed by atoms with Gasteiger partial charge >= 0.3 is 6.03 Å². The van der Waals surface area contributed by atoms with E-state index < -0.39 is 0 Å². The Morgan fingerprint density at radius 3 is 2.48 bits per heavy atom. The van der Waals surface area contributed by atoms with E-state index >= 15 is 0 Å². The second kappa shape index (κ2) is 8.71. The lowest BCUT2D eigenvalue weighted by molar-refractivity contribution is -0.134. The van der Waals surface area contributed by atoms with Crippen LogP contribution in [0.4, 0.5) is 4.79 Å². The van der Waals surface area contributed by atoms with Crippen LogP contribution in [0, 0.1) is 13.8 Å². The van der Waals surface area contributed by atoms with E-state index in [1.165, 1.54) is 16.7 Å². The van der Waals surface area contributed by atoms with Gasteiger partial charge in [0.2, 0.25) is 5.91 Å². The van der Waals surface area contributed by atoms with Crippen molar-refractivity contribution in [3.63, 3.8) is 0 Å². The second-order valence-electron chi connectivity index (χ2n) is 7.12. The Bertz CT molecular complexity index is 804. The molecule has 5 heteroatoms. The van der Waals surface area contributed by atoms with E-state index in [0.717, 1.165) is 12.0 Å². The maximum atomic E-state index is 12.4. The summed E-state index contributed by atoms with van der Waals surface area (Å²) < 4.78 is 0. The maximum Gasteiger partial charge on any atom is 0.318 e. The number of hydrogen-bond donors (Lipinski definition) is 1. The molecule has 1 heterocycles. The third kappa shape index (κ3) is 5.09. The van der Waals surface area contributed by atoms with Crippen LogP contribution in [0.25, 0.3) is 0 Å². The summed E-state index contributed by atoms with van der Waals surface area (Å²) in [6.45, 7) is 6.60. The molecular weight excluding hydrogens is 338 g/mol. The molecule has 0 atom stereocenters.